The molecule has 1 amide bonds. The van der Waals surface area contributed by atoms with E-state index in [1.165, 1.54) is 12.8 Å². The van der Waals surface area contributed by atoms with E-state index in [1.807, 2.05) is 0 Å². The smallest absolute Gasteiger partial charge is 0.237 e. The zero-order valence-electron chi connectivity index (χ0n) is 9.84. The second kappa shape index (κ2) is 6.21. The lowest BCUT2D eigenvalue weighted by atomic mass is 10.0. The first-order valence-electron chi connectivity index (χ1n) is 6.45. The quantitative estimate of drug-likeness (QED) is 0.743. The average Bonchev–Trinajstić information content (AvgIpc) is 2.38. The number of nitrogens with one attached hydrogen (secondary N) is 2. The van der Waals surface area contributed by atoms with Crippen molar-refractivity contribution in [3.63, 3.8) is 0 Å². The molecule has 4 heteroatoms. The summed E-state index contributed by atoms with van der Waals surface area (Å²) < 4.78 is 5.39. The summed E-state index contributed by atoms with van der Waals surface area (Å²) in [5.74, 6) is 0.687. The second-order valence-corrected chi connectivity index (χ2v) is 4.83. The number of piperidine rings is 1. The van der Waals surface area contributed by atoms with Gasteiger partial charge in [0.15, 0.2) is 0 Å². The zero-order chi connectivity index (χ0) is 11.2. The van der Waals surface area contributed by atoms with Crippen molar-refractivity contribution in [2.75, 3.05) is 26.3 Å². The van der Waals surface area contributed by atoms with Crippen LogP contribution in [0.25, 0.3) is 0 Å². The summed E-state index contributed by atoms with van der Waals surface area (Å²) in [4.78, 5) is 11.8. The van der Waals surface area contributed by atoms with Crippen LogP contribution < -0.4 is 10.6 Å². The van der Waals surface area contributed by atoms with E-state index in [2.05, 4.69) is 10.6 Å². The molecule has 2 N–H and O–H groups in total. The molecule has 2 rings (SSSR count). The minimum absolute atomic E-state index is 0.0401. The van der Waals surface area contributed by atoms with E-state index in [0.29, 0.717) is 5.92 Å². The molecule has 2 atom stereocenters. The minimum Gasteiger partial charge on any atom is -0.381 e. The Bertz CT molecular complexity index is 221. The molecule has 2 saturated heterocycles. The number of rotatable bonds is 3. The minimum atomic E-state index is 0.0401. The lowest BCUT2D eigenvalue weighted by molar-refractivity contribution is -0.124. The number of amides is 1. The molecule has 2 aliphatic rings. The topological polar surface area (TPSA) is 50.4 Å². The van der Waals surface area contributed by atoms with Crippen LogP contribution in [0.4, 0.5) is 0 Å². The molecule has 16 heavy (non-hydrogen) atoms. The van der Waals surface area contributed by atoms with Gasteiger partial charge in [0, 0.05) is 13.2 Å². The monoisotopic (exact) mass is 226 g/mol. The average molecular weight is 226 g/mol. The van der Waals surface area contributed by atoms with Gasteiger partial charge in [-0.1, -0.05) is 6.42 Å². The SMILES string of the molecule is O=C(NCC1CCCOC1)[C@@H]1CCCCN1. The molecule has 0 bridgehead atoms. The molecule has 92 valence electrons. The van der Waals surface area contributed by atoms with Gasteiger partial charge in [-0.2, -0.15) is 0 Å². The van der Waals surface area contributed by atoms with Gasteiger partial charge in [-0.25, -0.2) is 0 Å². The Kier molecular flexibility index (Phi) is 4.60. The lowest BCUT2D eigenvalue weighted by Gasteiger charge is -2.25. The van der Waals surface area contributed by atoms with E-state index in [1.54, 1.807) is 0 Å². The zero-order valence-corrected chi connectivity index (χ0v) is 9.84. The molecule has 0 saturated carbocycles. The largest absolute Gasteiger partial charge is 0.381 e. The van der Waals surface area contributed by atoms with Crippen LogP contribution in [-0.4, -0.2) is 38.3 Å². The Morgan fingerprint density at radius 3 is 2.94 bits per heavy atom. The second-order valence-electron chi connectivity index (χ2n) is 4.83. The van der Waals surface area contributed by atoms with Gasteiger partial charge in [-0.15, -0.1) is 0 Å². The maximum atomic E-state index is 11.8. The van der Waals surface area contributed by atoms with Crippen LogP contribution in [0.1, 0.15) is 32.1 Å². The number of carbonyl (C=O) groups is 1. The molecule has 4 nitrogen and oxygen atoms in total. The van der Waals surface area contributed by atoms with Crippen molar-refractivity contribution in [2.45, 2.75) is 38.1 Å². The van der Waals surface area contributed by atoms with Gasteiger partial charge < -0.3 is 15.4 Å². The van der Waals surface area contributed by atoms with E-state index in [-0.39, 0.29) is 11.9 Å². The molecule has 0 radical (unpaired) electrons. The third-order valence-corrected chi connectivity index (χ3v) is 3.45. The van der Waals surface area contributed by atoms with Crippen LogP contribution in [0.3, 0.4) is 0 Å². The van der Waals surface area contributed by atoms with E-state index in [4.69, 9.17) is 4.74 Å². The molecule has 0 aromatic heterocycles. The highest BCUT2D eigenvalue weighted by atomic mass is 16.5. The lowest BCUT2D eigenvalue weighted by Crippen LogP contribution is -2.48. The van der Waals surface area contributed by atoms with Gasteiger partial charge in [0.25, 0.3) is 0 Å². The summed E-state index contributed by atoms with van der Waals surface area (Å²) in [5, 5.41) is 6.30. The first-order chi connectivity index (χ1) is 7.86. The molecule has 1 unspecified atom stereocenters. The third-order valence-electron chi connectivity index (χ3n) is 3.45. The van der Waals surface area contributed by atoms with Gasteiger partial charge in [-0.05, 0) is 38.1 Å². The summed E-state index contributed by atoms with van der Waals surface area (Å²) >= 11 is 0. The standard InChI is InChI=1S/C12H22N2O2/c15-12(11-5-1-2-6-13-11)14-8-10-4-3-7-16-9-10/h10-11,13H,1-9H2,(H,14,15)/t10?,11-/m0/s1. The Morgan fingerprint density at radius 2 is 2.25 bits per heavy atom. The van der Waals surface area contributed by atoms with Crippen molar-refractivity contribution < 1.29 is 9.53 Å². The van der Waals surface area contributed by atoms with Crippen LogP contribution in [0, 0.1) is 5.92 Å². The summed E-state index contributed by atoms with van der Waals surface area (Å²) in [6.07, 6.45) is 5.64. The van der Waals surface area contributed by atoms with Gasteiger partial charge in [0.2, 0.25) is 5.91 Å². The highest BCUT2D eigenvalue weighted by Gasteiger charge is 2.21. The van der Waals surface area contributed by atoms with Crippen molar-refractivity contribution >= 4 is 5.91 Å². The first kappa shape index (κ1) is 11.9. The maximum absolute atomic E-state index is 11.8. The molecular weight excluding hydrogens is 204 g/mol. The first-order valence-corrected chi connectivity index (χ1v) is 6.45. The van der Waals surface area contributed by atoms with E-state index in [9.17, 15) is 4.79 Å². The normalized spacial score (nSPS) is 31.0. The maximum Gasteiger partial charge on any atom is 0.237 e. The van der Waals surface area contributed by atoms with Gasteiger partial charge in [0.1, 0.15) is 0 Å². The number of hydrogen-bond donors (Lipinski definition) is 2. The molecule has 2 aliphatic heterocycles. The fraction of sp³-hybridized carbons (Fsp3) is 0.917. The Labute approximate surface area is 97.1 Å². The highest BCUT2D eigenvalue weighted by molar-refractivity contribution is 5.81. The van der Waals surface area contributed by atoms with E-state index < -0.39 is 0 Å². The molecular formula is C12H22N2O2. The number of hydrogen-bond acceptors (Lipinski definition) is 3. The van der Waals surface area contributed by atoms with E-state index >= 15 is 0 Å². The predicted molar refractivity (Wildman–Crippen MR) is 62.2 cm³/mol. The fourth-order valence-electron chi connectivity index (χ4n) is 2.41. The summed E-state index contributed by atoms with van der Waals surface area (Å²) in [7, 11) is 0. The van der Waals surface area contributed by atoms with Gasteiger partial charge in [-0.3, -0.25) is 4.79 Å². The van der Waals surface area contributed by atoms with Crippen molar-refractivity contribution in [1.29, 1.82) is 0 Å². The van der Waals surface area contributed by atoms with Crippen LogP contribution in [0.15, 0.2) is 0 Å². The van der Waals surface area contributed by atoms with Crippen molar-refractivity contribution in [3.8, 4) is 0 Å². The van der Waals surface area contributed by atoms with Crippen LogP contribution in [0.5, 0.6) is 0 Å². The Hall–Kier alpha value is -0.610. The summed E-state index contributed by atoms with van der Waals surface area (Å²) in [6.45, 7) is 3.44. The van der Waals surface area contributed by atoms with Crippen molar-refractivity contribution in [1.82, 2.24) is 10.6 Å². The molecule has 0 aromatic carbocycles. The van der Waals surface area contributed by atoms with Crippen molar-refractivity contribution in [3.05, 3.63) is 0 Å². The van der Waals surface area contributed by atoms with E-state index in [0.717, 1.165) is 45.6 Å². The van der Waals surface area contributed by atoms with Crippen LogP contribution in [0.2, 0.25) is 0 Å². The van der Waals surface area contributed by atoms with Gasteiger partial charge >= 0.3 is 0 Å². The number of carbonyl (C=O) groups excluding carboxylic acids is 1. The van der Waals surface area contributed by atoms with Crippen molar-refractivity contribution in [2.24, 2.45) is 5.92 Å². The molecule has 0 aliphatic carbocycles. The summed E-state index contributed by atoms with van der Waals surface area (Å²) in [6, 6.07) is 0.0401. The third kappa shape index (κ3) is 3.46. The molecule has 0 spiro atoms. The number of ether oxygens (including phenoxy) is 1. The summed E-state index contributed by atoms with van der Waals surface area (Å²) in [5.41, 5.74) is 0. The molecule has 2 fully saturated rings. The highest BCUT2D eigenvalue weighted by Crippen LogP contribution is 2.12. The molecule has 0 aromatic rings. The van der Waals surface area contributed by atoms with Crippen LogP contribution >= 0.6 is 0 Å². The predicted octanol–water partition coefficient (Wildman–Crippen LogP) is 0.671. The van der Waals surface area contributed by atoms with Gasteiger partial charge in [0.05, 0.1) is 12.6 Å². The Morgan fingerprint density at radius 1 is 1.31 bits per heavy atom. The molecule has 2 heterocycles. The Balaban J connectivity index is 1.65. The fourth-order valence-corrected chi connectivity index (χ4v) is 2.41. The van der Waals surface area contributed by atoms with Crippen LogP contribution in [-0.2, 0) is 9.53 Å².